The first-order valence-corrected chi connectivity index (χ1v) is 6.33. The van der Waals surface area contributed by atoms with E-state index >= 15 is 0 Å². The number of halogens is 2. The highest BCUT2D eigenvalue weighted by atomic mass is 79.9. The van der Waals surface area contributed by atoms with Crippen molar-refractivity contribution in [2.45, 2.75) is 12.2 Å². The van der Waals surface area contributed by atoms with Crippen molar-refractivity contribution in [2.24, 2.45) is 0 Å². The molecule has 3 rings (SSSR count). The van der Waals surface area contributed by atoms with Gasteiger partial charge >= 0.3 is 0 Å². The maximum atomic E-state index is 5.86. The van der Waals surface area contributed by atoms with E-state index in [9.17, 15) is 0 Å². The summed E-state index contributed by atoms with van der Waals surface area (Å²) in [6.45, 7) is 3.81. The van der Waals surface area contributed by atoms with Crippen molar-refractivity contribution in [1.29, 1.82) is 0 Å². The van der Waals surface area contributed by atoms with Crippen molar-refractivity contribution >= 4 is 34.0 Å². The molecule has 1 N–H and O–H groups in total. The van der Waals surface area contributed by atoms with Gasteiger partial charge in [-0.1, -0.05) is 0 Å². The van der Waals surface area contributed by atoms with Crippen LogP contribution in [0.5, 0.6) is 0 Å². The molecule has 17 heavy (non-hydrogen) atoms. The molecule has 1 aromatic rings. The highest BCUT2D eigenvalue weighted by Gasteiger charge is 2.31. The van der Waals surface area contributed by atoms with E-state index in [1.807, 2.05) is 12.3 Å². The van der Waals surface area contributed by atoms with Gasteiger partial charge in [-0.25, -0.2) is 4.98 Å². The Bertz CT molecular complexity index is 363. The molecule has 6 heteroatoms. The van der Waals surface area contributed by atoms with Gasteiger partial charge in [0.25, 0.3) is 0 Å². The van der Waals surface area contributed by atoms with Crippen LogP contribution in [0.1, 0.15) is 0 Å². The molecule has 2 atom stereocenters. The van der Waals surface area contributed by atoms with E-state index in [0.717, 1.165) is 30.8 Å². The van der Waals surface area contributed by atoms with Crippen LogP contribution in [-0.2, 0) is 4.74 Å². The first-order valence-electron chi connectivity index (χ1n) is 5.54. The number of nitrogens with one attached hydrogen (secondary N) is 1. The minimum atomic E-state index is 0. The van der Waals surface area contributed by atoms with Crippen molar-refractivity contribution in [2.75, 3.05) is 31.1 Å². The van der Waals surface area contributed by atoms with Crippen molar-refractivity contribution < 1.29 is 4.74 Å². The van der Waals surface area contributed by atoms with Crippen LogP contribution in [0.2, 0.25) is 0 Å². The molecule has 2 aliphatic heterocycles. The molecule has 0 spiro atoms. The molecule has 0 saturated carbocycles. The topological polar surface area (TPSA) is 37.4 Å². The number of fused-ring (bicyclic) bond motifs is 2. The van der Waals surface area contributed by atoms with Gasteiger partial charge in [0.2, 0.25) is 0 Å². The molecule has 2 fully saturated rings. The second-order valence-electron chi connectivity index (χ2n) is 4.28. The van der Waals surface area contributed by atoms with Gasteiger partial charge in [0, 0.05) is 26.2 Å². The van der Waals surface area contributed by atoms with Crippen LogP contribution in [0.15, 0.2) is 22.9 Å². The molecular formula is C11H15BrClN3O. The van der Waals surface area contributed by atoms with Gasteiger partial charge in [-0.2, -0.15) is 0 Å². The van der Waals surface area contributed by atoms with Crippen LogP contribution in [0.4, 0.5) is 5.69 Å². The van der Waals surface area contributed by atoms with E-state index in [4.69, 9.17) is 4.74 Å². The number of pyridine rings is 1. The van der Waals surface area contributed by atoms with Crippen LogP contribution in [-0.4, -0.2) is 43.4 Å². The predicted molar refractivity (Wildman–Crippen MR) is 72.9 cm³/mol. The fourth-order valence-electron chi connectivity index (χ4n) is 2.32. The number of hydrogen-bond donors (Lipinski definition) is 1. The van der Waals surface area contributed by atoms with Gasteiger partial charge in [0.15, 0.2) is 0 Å². The largest absolute Gasteiger partial charge is 0.369 e. The average molecular weight is 321 g/mol. The van der Waals surface area contributed by atoms with E-state index in [0.29, 0.717) is 12.2 Å². The fraction of sp³-hybridized carbons (Fsp3) is 0.545. The van der Waals surface area contributed by atoms with Gasteiger partial charge in [-0.05, 0) is 28.1 Å². The second-order valence-corrected chi connectivity index (χ2v) is 5.09. The van der Waals surface area contributed by atoms with Gasteiger partial charge < -0.3 is 15.0 Å². The van der Waals surface area contributed by atoms with Crippen LogP contribution < -0.4 is 10.2 Å². The van der Waals surface area contributed by atoms with Crippen molar-refractivity contribution in [1.82, 2.24) is 10.3 Å². The first kappa shape index (κ1) is 13.1. The average Bonchev–Trinajstić information content (AvgIpc) is 2.29. The third-order valence-electron chi connectivity index (χ3n) is 3.05. The standard InChI is InChI=1S/C11H14BrN3O.ClH/c12-11-2-1-8(3-14-11)15-6-9-4-13-5-10(7-15)16-9;/h1-3,9-10,13H,4-7H2;1H. The third kappa shape index (κ3) is 2.91. The summed E-state index contributed by atoms with van der Waals surface area (Å²) in [4.78, 5) is 6.63. The SMILES string of the molecule is Brc1ccc(N2CC3CNCC(C2)O3)cn1.Cl. The zero-order chi connectivity index (χ0) is 11.0. The summed E-state index contributed by atoms with van der Waals surface area (Å²) in [7, 11) is 0. The van der Waals surface area contributed by atoms with Crippen LogP contribution in [0.3, 0.4) is 0 Å². The summed E-state index contributed by atoms with van der Waals surface area (Å²) in [5.41, 5.74) is 1.18. The molecule has 2 aliphatic rings. The summed E-state index contributed by atoms with van der Waals surface area (Å²) in [6.07, 6.45) is 2.55. The summed E-state index contributed by atoms with van der Waals surface area (Å²) < 4.78 is 6.74. The van der Waals surface area contributed by atoms with E-state index in [-0.39, 0.29) is 12.4 Å². The van der Waals surface area contributed by atoms with Gasteiger partial charge in [-0.3, -0.25) is 0 Å². The highest BCUT2D eigenvalue weighted by molar-refractivity contribution is 9.10. The number of anilines is 1. The lowest BCUT2D eigenvalue weighted by Gasteiger charge is -2.42. The molecule has 0 aromatic carbocycles. The maximum Gasteiger partial charge on any atom is 0.106 e. The van der Waals surface area contributed by atoms with E-state index in [1.54, 1.807) is 0 Å². The molecule has 3 heterocycles. The number of aromatic nitrogens is 1. The smallest absolute Gasteiger partial charge is 0.106 e. The van der Waals surface area contributed by atoms with Gasteiger partial charge in [0.1, 0.15) is 4.60 Å². The summed E-state index contributed by atoms with van der Waals surface area (Å²) in [5.74, 6) is 0. The van der Waals surface area contributed by atoms with Gasteiger partial charge in [-0.15, -0.1) is 12.4 Å². The minimum Gasteiger partial charge on any atom is -0.369 e. The van der Waals surface area contributed by atoms with Crippen molar-refractivity contribution in [3.8, 4) is 0 Å². The number of hydrogen-bond acceptors (Lipinski definition) is 4. The summed E-state index contributed by atoms with van der Waals surface area (Å²) >= 11 is 3.35. The van der Waals surface area contributed by atoms with E-state index in [1.165, 1.54) is 5.69 Å². The van der Waals surface area contributed by atoms with E-state index in [2.05, 4.69) is 37.2 Å². The molecule has 2 bridgehead atoms. The first-order chi connectivity index (χ1) is 7.81. The maximum absolute atomic E-state index is 5.86. The molecule has 94 valence electrons. The van der Waals surface area contributed by atoms with Gasteiger partial charge in [0.05, 0.1) is 24.1 Å². The number of ether oxygens (including phenoxy) is 1. The summed E-state index contributed by atoms with van der Waals surface area (Å²) in [6, 6.07) is 4.09. The molecule has 0 aliphatic carbocycles. The number of rotatable bonds is 1. The number of nitrogens with zero attached hydrogens (tertiary/aromatic N) is 2. The Morgan fingerprint density at radius 1 is 1.29 bits per heavy atom. The zero-order valence-electron chi connectivity index (χ0n) is 9.30. The zero-order valence-corrected chi connectivity index (χ0v) is 11.7. The Morgan fingerprint density at radius 2 is 2.00 bits per heavy atom. The second kappa shape index (κ2) is 5.52. The van der Waals surface area contributed by atoms with Crippen molar-refractivity contribution in [3.63, 3.8) is 0 Å². The minimum absolute atomic E-state index is 0. The Morgan fingerprint density at radius 3 is 2.59 bits per heavy atom. The van der Waals surface area contributed by atoms with Crippen LogP contribution >= 0.6 is 28.3 Å². The highest BCUT2D eigenvalue weighted by Crippen LogP contribution is 2.22. The lowest BCUT2D eigenvalue weighted by molar-refractivity contribution is -0.0484. The van der Waals surface area contributed by atoms with Crippen LogP contribution in [0, 0.1) is 0 Å². The molecule has 2 unspecified atom stereocenters. The normalized spacial score (nSPS) is 27.5. The number of morpholine rings is 2. The Labute approximate surface area is 115 Å². The molecule has 4 nitrogen and oxygen atoms in total. The lowest BCUT2D eigenvalue weighted by atomic mass is 10.1. The monoisotopic (exact) mass is 319 g/mol. The van der Waals surface area contributed by atoms with E-state index < -0.39 is 0 Å². The third-order valence-corrected chi connectivity index (χ3v) is 3.52. The fourth-order valence-corrected chi connectivity index (χ4v) is 2.56. The predicted octanol–water partition coefficient (Wildman–Crippen LogP) is 1.44. The Hall–Kier alpha value is -0.360. The Balaban J connectivity index is 0.00000108. The lowest BCUT2D eigenvalue weighted by Crippen LogP contribution is -2.58. The quantitative estimate of drug-likeness (QED) is 0.795. The molecule has 1 aromatic heterocycles. The van der Waals surface area contributed by atoms with Crippen molar-refractivity contribution in [3.05, 3.63) is 22.9 Å². The Kier molecular flexibility index (Phi) is 4.25. The molecule has 2 saturated heterocycles. The molecular weight excluding hydrogens is 305 g/mol. The van der Waals surface area contributed by atoms with Crippen LogP contribution in [0.25, 0.3) is 0 Å². The molecule has 0 amide bonds. The summed E-state index contributed by atoms with van der Waals surface area (Å²) in [5, 5.41) is 3.39. The molecule has 0 radical (unpaired) electrons.